The molecule has 0 radical (unpaired) electrons. The molecule has 0 fully saturated rings. The molecule has 0 amide bonds. The Bertz CT molecular complexity index is 687. The molecule has 1 heterocycles. The second-order valence-corrected chi connectivity index (χ2v) is 4.55. The standard InChI is InChI=1S/C16H18N2O/c1-2-17-10-11-19-15-9-5-7-13-12-6-3-4-8-14(12)18-16(13)15/h3-9,17-18H,2,10-11H2,1H3. The highest BCUT2D eigenvalue weighted by molar-refractivity contribution is 6.09. The van der Waals surface area contributed by atoms with Crippen molar-refractivity contribution in [3.63, 3.8) is 0 Å². The van der Waals surface area contributed by atoms with E-state index in [1.165, 1.54) is 10.8 Å². The summed E-state index contributed by atoms with van der Waals surface area (Å²) in [5.41, 5.74) is 2.24. The second kappa shape index (κ2) is 5.33. The van der Waals surface area contributed by atoms with Crippen LogP contribution in [0.4, 0.5) is 0 Å². The number of likely N-dealkylation sites (N-methyl/N-ethyl adjacent to an activating group) is 1. The quantitative estimate of drug-likeness (QED) is 0.685. The third-order valence-electron chi connectivity index (χ3n) is 3.29. The summed E-state index contributed by atoms with van der Waals surface area (Å²) < 4.78 is 5.86. The second-order valence-electron chi connectivity index (χ2n) is 4.55. The van der Waals surface area contributed by atoms with Crippen LogP contribution in [-0.4, -0.2) is 24.7 Å². The molecule has 3 nitrogen and oxygen atoms in total. The normalized spacial score (nSPS) is 11.2. The number of hydrogen-bond donors (Lipinski definition) is 2. The average molecular weight is 254 g/mol. The summed E-state index contributed by atoms with van der Waals surface area (Å²) in [5, 5.41) is 5.72. The van der Waals surface area contributed by atoms with Crippen molar-refractivity contribution in [2.24, 2.45) is 0 Å². The van der Waals surface area contributed by atoms with E-state index in [2.05, 4.69) is 41.5 Å². The van der Waals surface area contributed by atoms with Gasteiger partial charge < -0.3 is 15.0 Å². The molecular weight excluding hydrogens is 236 g/mol. The summed E-state index contributed by atoms with van der Waals surface area (Å²) in [6, 6.07) is 14.5. The van der Waals surface area contributed by atoms with Gasteiger partial charge >= 0.3 is 0 Å². The lowest BCUT2D eigenvalue weighted by molar-refractivity contribution is 0.318. The highest BCUT2D eigenvalue weighted by Gasteiger charge is 2.07. The average Bonchev–Trinajstić information content (AvgIpc) is 2.83. The third kappa shape index (κ3) is 2.29. The van der Waals surface area contributed by atoms with Gasteiger partial charge in [-0.25, -0.2) is 0 Å². The van der Waals surface area contributed by atoms with Gasteiger partial charge in [-0.05, 0) is 18.7 Å². The minimum atomic E-state index is 0.683. The van der Waals surface area contributed by atoms with Crippen LogP contribution in [0.2, 0.25) is 0 Å². The topological polar surface area (TPSA) is 37.0 Å². The number of fused-ring (bicyclic) bond motifs is 3. The molecule has 19 heavy (non-hydrogen) atoms. The number of rotatable bonds is 5. The van der Waals surface area contributed by atoms with Gasteiger partial charge in [-0.1, -0.05) is 37.3 Å². The molecule has 3 aromatic rings. The first kappa shape index (κ1) is 12.1. The minimum Gasteiger partial charge on any atom is -0.490 e. The van der Waals surface area contributed by atoms with Crippen molar-refractivity contribution in [3.8, 4) is 5.75 Å². The van der Waals surface area contributed by atoms with Crippen molar-refractivity contribution in [1.29, 1.82) is 0 Å². The fraction of sp³-hybridized carbons (Fsp3) is 0.250. The van der Waals surface area contributed by atoms with Crippen molar-refractivity contribution in [3.05, 3.63) is 42.5 Å². The Morgan fingerprint density at radius 2 is 1.89 bits per heavy atom. The van der Waals surface area contributed by atoms with Gasteiger partial charge in [-0.15, -0.1) is 0 Å². The number of aromatic nitrogens is 1. The number of nitrogens with one attached hydrogen (secondary N) is 2. The molecule has 0 atom stereocenters. The molecular formula is C16H18N2O. The van der Waals surface area contributed by atoms with E-state index in [0.29, 0.717) is 6.61 Å². The van der Waals surface area contributed by atoms with E-state index in [1.807, 2.05) is 18.2 Å². The number of benzene rings is 2. The van der Waals surface area contributed by atoms with Crippen molar-refractivity contribution in [1.82, 2.24) is 10.3 Å². The van der Waals surface area contributed by atoms with Gasteiger partial charge in [0.2, 0.25) is 0 Å². The third-order valence-corrected chi connectivity index (χ3v) is 3.29. The van der Waals surface area contributed by atoms with Crippen LogP contribution in [0.1, 0.15) is 6.92 Å². The molecule has 0 aliphatic rings. The highest BCUT2D eigenvalue weighted by Crippen LogP contribution is 2.31. The van der Waals surface area contributed by atoms with Crippen molar-refractivity contribution >= 4 is 21.8 Å². The molecule has 3 heteroatoms. The first-order chi connectivity index (χ1) is 9.40. The van der Waals surface area contributed by atoms with E-state index in [9.17, 15) is 0 Å². The first-order valence-corrected chi connectivity index (χ1v) is 6.73. The molecule has 0 saturated heterocycles. The van der Waals surface area contributed by atoms with Crippen LogP contribution in [0, 0.1) is 0 Å². The Morgan fingerprint density at radius 3 is 2.79 bits per heavy atom. The zero-order valence-electron chi connectivity index (χ0n) is 11.1. The summed E-state index contributed by atoms with van der Waals surface area (Å²) in [5.74, 6) is 0.923. The van der Waals surface area contributed by atoms with E-state index < -0.39 is 0 Å². The van der Waals surface area contributed by atoms with Crippen LogP contribution in [0.3, 0.4) is 0 Å². The number of hydrogen-bond acceptors (Lipinski definition) is 2. The van der Waals surface area contributed by atoms with Crippen molar-refractivity contribution in [2.75, 3.05) is 19.7 Å². The predicted molar refractivity (Wildman–Crippen MR) is 79.8 cm³/mol. The Kier molecular flexibility index (Phi) is 3.38. The zero-order chi connectivity index (χ0) is 13.1. The van der Waals surface area contributed by atoms with Crippen molar-refractivity contribution < 1.29 is 4.74 Å². The molecule has 0 aliphatic carbocycles. The first-order valence-electron chi connectivity index (χ1n) is 6.73. The largest absolute Gasteiger partial charge is 0.490 e. The van der Waals surface area contributed by atoms with E-state index in [-0.39, 0.29) is 0 Å². The van der Waals surface area contributed by atoms with Crippen LogP contribution >= 0.6 is 0 Å². The lowest BCUT2D eigenvalue weighted by Crippen LogP contribution is -2.20. The molecule has 0 saturated carbocycles. The van der Waals surface area contributed by atoms with Crippen molar-refractivity contribution in [2.45, 2.75) is 6.92 Å². The van der Waals surface area contributed by atoms with Crippen LogP contribution in [0.5, 0.6) is 5.75 Å². The molecule has 2 aromatic carbocycles. The lowest BCUT2D eigenvalue weighted by Gasteiger charge is -2.07. The molecule has 1 aromatic heterocycles. The van der Waals surface area contributed by atoms with E-state index in [0.717, 1.165) is 29.9 Å². The summed E-state index contributed by atoms with van der Waals surface area (Å²) in [7, 11) is 0. The van der Waals surface area contributed by atoms with Crippen LogP contribution < -0.4 is 10.1 Å². The van der Waals surface area contributed by atoms with Gasteiger partial charge in [0.05, 0.1) is 5.52 Å². The van der Waals surface area contributed by atoms with E-state index in [4.69, 9.17) is 4.74 Å². The summed E-state index contributed by atoms with van der Waals surface area (Å²) >= 11 is 0. The molecule has 3 rings (SSSR count). The van der Waals surface area contributed by atoms with Crippen LogP contribution in [0.25, 0.3) is 21.8 Å². The monoisotopic (exact) mass is 254 g/mol. The maximum absolute atomic E-state index is 5.86. The molecule has 0 aliphatic heterocycles. The van der Waals surface area contributed by atoms with Gasteiger partial charge in [0.25, 0.3) is 0 Å². The lowest BCUT2D eigenvalue weighted by atomic mass is 10.1. The number of ether oxygens (including phenoxy) is 1. The maximum atomic E-state index is 5.86. The fourth-order valence-corrected chi connectivity index (χ4v) is 2.38. The highest BCUT2D eigenvalue weighted by atomic mass is 16.5. The summed E-state index contributed by atoms with van der Waals surface area (Å²) in [4.78, 5) is 3.44. The summed E-state index contributed by atoms with van der Waals surface area (Å²) in [6.45, 7) is 4.62. The fourth-order valence-electron chi connectivity index (χ4n) is 2.38. The predicted octanol–water partition coefficient (Wildman–Crippen LogP) is 3.31. The van der Waals surface area contributed by atoms with E-state index in [1.54, 1.807) is 0 Å². The molecule has 0 spiro atoms. The maximum Gasteiger partial charge on any atom is 0.143 e. The minimum absolute atomic E-state index is 0.683. The number of aromatic amines is 1. The Morgan fingerprint density at radius 1 is 1.05 bits per heavy atom. The van der Waals surface area contributed by atoms with Gasteiger partial charge in [0, 0.05) is 22.8 Å². The molecule has 0 unspecified atom stereocenters. The smallest absolute Gasteiger partial charge is 0.143 e. The van der Waals surface area contributed by atoms with Gasteiger partial charge in [0.1, 0.15) is 12.4 Å². The molecule has 0 bridgehead atoms. The van der Waals surface area contributed by atoms with E-state index >= 15 is 0 Å². The number of para-hydroxylation sites is 2. The summed E-state index contributed by atoms with van der Waals surface area (Å²) in [6.07, 6.45) is 0. The van der Waals surface area contributed by atoms with Gasteiger partial charge in [0.15, 0.2) is 0 Å². The Balaban J connectivity index is 1.96. The molecule has 98 valence electrons. The molecule has 2 N–H and O–H groups in total. The van der Waals surface area contributed by atoms with Gasteiger partial charge in [-0.3, -0.25) is 0 Å². The Labute approximate surface area is 112 Å². The van der Waals surface area contributed by atoms with Crippen LogP contribution in [-0.2, 0) is 0 Å². The number of H-pyrrole nitrogens is 1. The van der Waals surface area contributed by atoms with Crippen LogP contribution in [0.15, 0.2) is 42.5 Å². The Hall–Kier alpha value is -2.00. The SMILES string of the molecule is CCNCCOc1cccc2c1[nH]c1ccccc12. The van der Waals surface area contributed by atoms with Gasteiger partial charge in [-0.2, -0.15) is 0 Å². The zero-order valence-corrected chi connectivity index (χ0v) is 11.1.